The number of carboxylic acids is 1. The standard InChI is InChI=1S/C29H28F2N4O5/c1-18-5-2-6-19(15-18)24(17-25(36)37)33-26(38)27-34(28(39)20-7-3-8-22(31)16-20)13-4-14-35(27)29(40)32-23-11-9-21(30)10-12-23/h2-3,5-12,15-16,24,27H,4,13-14,17H2,1H3,(H,32,40)(H,33,38)(H,36,37). The minimum Gasteiger partial charge on any atom is -0.481 e. The number of halogens is 2. The van der Waals surface area contributed by atoms with Crippen LogP contribution >= 0.6 is 0 Å². The number of aliphatic carboxylic acids is 1. The summed E-state index contributed by atoms with van der Waals surface area (Å²) in [5.74, 6) is -3.76. The molecule has 2 unspecified atom stereocenters. The Balaban J connectivity index is 1.68. The molecule has 0 aliphatic carbocycles. The molecular formula is C29H28F2N4O5. The van der Waals surface area contributed by atoms with Gasteiger partial charge in [0.25, 0.3) is 11.8 Å². The molecule has 40 heavy (non-hydrogen) atoms. The molecule has 0 bridgehead atoms. The molecule has 11 heteroatoms. The number of carbonyl (C=O) groups is 4. The summed E-state index contributed by atoms with van der Waals surface area (Å²) in [7, 11) is 0. The maximum atomic E-state index is 13.9. The van der Waals surface area contributed by atoms with Crippen molar-refractivity contribution in [1.29, 1.82) is 0 Å². The van der Waals surface area contributed by atoms with Gasteiger partial charge in [0.15, 0.2) is 6.17 Å². The second kappa shape index (κ2) is 12.4. The lowest BCUT2D eigenvalue weighted by molar-refractivity contribution is -0.138. The van der Waals surface area contributed by atoms with E-state index in [9.17, 15) is 33.1 Å². The normalized spacial score (nSPS) is 15.7. The molecule has 0 spiro atoms. The third-order valence-electron chi connectivity index (χ3n) is 6.45. The lowest BCUT2D eigenvalue weighted by Crippen LogP contribution is -2.64. The summed E-state index contributed by atoms with van der Waals surface area (Å²) in [6.07, 6.45) is -1.61. The van der Waals surface area contributed by atoms with Crippen molar-refractivity contribution in [1.82, 2.24) is 15.1 Å². The number of anilines is 1. The molecule has 3 aromatic carbocycles. The zero-order valence-corrected chi connectivity index (χ0v) is 21.6. The molecule has 3 aromatic rings. The number of hydrogen-bond donors (Lipinski definition) is 3. The second-order valence-corrected chi connectivity index (χ2v) is 9.44. The Bertz CT molecular complexity index is 1420. The van der Waals surface area contributed by atoms with Gasteiger partial charge in [-0.05, 0) is 61.4 Å². The van der Waals surface area contributed by atoms with Gasteiger partial charge in [0.2, 0.25) is 0 Å². The number of rotatable bonds is 7. The Hall–Kier alpha value is -4.80. The predicted molar refractivity (Wildman–Crippen MR) is 142 cm³/mol. The molecule has 2 atom stereocenters. The van der Waals surface area contributed by atoms with Gasteiger partial charge in [-0.3, -0.25) is 19.3 Å². The summed E-state index contributed by atoms with van der Waals surface area (Å²) < 4.78 is 27.3. The number of amides is 4. The van der Waals surface area contributed by atoms with E-state index in [0.29, 0.717) is 12.0 Å². The topological polar surface area (TPSA) is 119 Å². The van der Waals surface area contributed by atoms with E-state index in [1.807, 2.05) is 13.0 Å². The molecule has 1 saturated heterocycles. The Kier molecular flexibility index (Phi) is 8.73. The largest absolute Gasteiger partial charge is 0.481 e. The molecule has 1 heterocycles. The summed E-state index contributed by atoms with van der Waals surface area (Å²) >= 11 is 0. The maximum absolute atomic E-state index is 13.9. The van der Waals surface area contributed by atoms with Crippen LogP contribution in [0.5, 0.6) is 0 Å². The smallest absolute Gasteiger partial charge is 0.323 e. The fourth-order valence-electron chi connectivity index (χ4n) is 4.61. The van der Waals surface area contributed by atoms with Crippen molar-refractivity contribution >= 4 is 29.5 Å². The van der Waals surface area contributed by atoms with Crippen LogP contribution in [0.4, 0.5) is 19.3 Å². The van der Waals surface area contributed by atoms with Crippen molar-refractivity contribution in [2.75, 3.05) is 18.4 Å². The lowest BCUT2D eigenvalue weighted by Gasteiger charge is -2.43. The third kappa shape index (κ3) is 6.79. The van der Waals surface area contributed by atoms with E-state index in [0.717, 1.165) is 33.6 Å². The number of urea groups is 1. The first-order valence-corrected chi connectivity index (χ1v) is 12.6. The Morgan fingerprint density at radius 3 is 2.30 bits per heavy atom. The number of carboxylic acid groups (broad SMARTS) is 1. The van der Waals surface area contributed by atoms with Gasteiger partial charge in [-0.2, -0.15) is 0 Å². The summed E-state index contributed by atoms with van der Waals surface area (Å²) in [4.78, 5) is 54.6. The molecule has 0 aromatic heterocycles. The number of benzene rings is 3. The van der Waals surface area contributed by atoms with Crippen molar-refractivity contribution in [3.63, 3.8) is 0 Å². The molecule has 4 amide bonds. The third-order valence-corrected chi connectivity index (χ3v) is 6.45. The first kappa shape index (κ1) is 28.2. The second-order valence-electron chi connectivity index (χ2n) is 9.44. The first-order valence-electron chi connectivity index (χ1n) is 12.6. The lowest BCUT2D eigenvalue weighted by atomic mass is 10.0. The average molecular weight is 551 g/mol. The van der Waals surface area contributed by atoms with E-state index in [4.69, 9.17) is 0 Å². The first-order chi connectivity index (χ1) is 19.1. The van der Waals surface area contributed by atoms with Crippen LogP contribution < -0.4 is 10.6 Å². The zero-order chi connectivity index (χ0) is 28.8. The van der Waals surface area contributed by atoms with Gasteiger partial charge in [-0.25, -0.2) is 13.6 Å². The van der Waals surface area contributed by atoms with Crippen LogP contribution in [0.25, 0.3) is 0 Å². The number of nitrogens with one attached hydrogen (secondary N) is 2. The van der Waals surface area contributed by atoms with Crippen LogP contribution in [0.15, 0.2) is 72.8 Å². The summed E-state index contributed by atoms with van der Waals surface area (Å²) in [6.45, 7) is 2.00. The predicted octanol–water partition coefficient (Wildman–Crippen LogP) is 4.31. The molecule has 4 rings (SSSR count). The van der Waals surface area contributed by atoms with Gasteiger partial charge in [0.05, 0.1) is 12.5 Å². The molecule has 0 saturated carbocycles. The van der Waals surface area contributed by atoms with Gasteiger partial charge in [-0.1, -0.05) is 35.9 Å². The minimum atomic E-state index is -1.48. The van der Waals surface area contributed by atoms with E-state index < -0.39 is 54.1 Å². The number of nitrogens with zero attached hydrogens (tertiary/aromatic N) is 2. The highest BCUT2D eigenvalue weighted by Gasteiger charge is 2.41. The quantitative estimate of drug-likeness (QED) is 0.405. The number of hydrogen-bond acceptors (Lipinski definition) is 4. The van der Waals surface area contributed by atoms with Crippen molar-refractivity contribution in [2.24, 2.45) is 0 Å². The fourth-order valence-corrected chi connectivity index (χ4v) is 4.61. The molecule has 1 aliphatic heterocycles. The van der Waals surface area contributed by atoms with Gasteiger partial charge in [-0.15, -0.1) is 0 Å². The summed E-state index contributed by atoms with van der Waals surface area (Å²) in [6, 6.07) is 15.3. The highest BCUT2D eigenvalue weighted by molar-refractivity contribution is 6.00. The SMILES string of the molecule is Cc1cccc(C(CC(=O)O)NC(=O)C2N(C(=O)Nc3ccc(F)cc3)CCCN2C(=O)c2cccc(F)c2)c1. The van der Waals surface area contributed by atoms with E-state index >= 15 is 0 Å². The van der Waals surface area contributed by atoms with Crippen molar-refractivity contribution < 1.29 is 33.1 Å². The monoisotopic (exact) mass is 550 g/mol. The van der Waals surface area contributed by atoms with Crippen molar-refractivity contribution in [3.05, 3.63) is 101 Å². The molecule has 9 nitrogen and oxygen atoms in total. The van der Waals surface area contributed by atoms with Crippen molar-refractivity contribution in [2.45, 2.75) is 32.0 Å². The molecule has 0 radical (unpaired) electrons. The van der Waals surface area contributed by atoms with Gasteiger partial charge >= 0.3 is 12.0 Å². The van der Waals surface area contributed by atoms with E-state index in [2.05, 4.69) is 10.6 Å². The van der Waals surface area contributed by atoms with Gasteiger partial charge < -0.3 is 20.6 Å². The number of carbonyl (C=O) groups excluding carboxylic acids is 3. The van der Waals surface area contributed by atoms with Crippen molar-refractivity contribution in [3.8, 4) is 0 Å². The van der Waals surface area contributed by atoms with Crippen LogP contribution in [0, 0.1) is 18.6 Å². The molecule has 208 valence electrons. The van der Waals surface area contributed by atoms with Crippen LogP contribution in [0.2, 0.25) is 0 Å². The molecule has 1 aliphatic rings. The molecule has 3 N–H and O–H groups in total. The Morgan fingerprint density at radius 1 is 0.925 bits per heavy atom. The van der Waals surface area contributed by atoms with Crippen LogP contribution in [0.1, 0.15) is 40.4 Å². The molecular weight excluding hydrogens is 522 g/mol. The number of aryl methyl sites for hydroxylation is 1. The maximum Gasteiger partial charge on any atom is 0.323 e. The molecule has 1 fully saturated rings. The van der Waals surface area contributed by atoms with E-state index in [-0.39, 0.29) is 24.3 Å². The Morgan fingerprint density at radius 2 is 1.62 bits per heavy atom. The fraction of sp³-hybridized carbons (Fsp3) is 0.241. The summed E-state index contributed by atoms with van der Waals surface area (Å²) in [5, 5.41) is 14.8. The van der Waals surface area contributed by atoms with E-state index in [1.165, 1.54) is 30.3 Å². The van der Waals surface area contributed by atoms with Crippen LogP contribution in [-0.2, 0) is 9.59 Å². The van der Waals surface area contributed by atoms with Crippen LogP contribution in [0.3, 0.4) is 0 Å². The van der Waals surface area contributed by atoms with E-state index in [1.54, 1.807) is 18.2 Å². The highest BCUT2D eigenvalue weighted by Crippen LogP contribution is 2.24. The minimum absolute atomic E-state index is 0.0145. The highest BCUT2D eigenvalue weighted by atomic mass is 19.1. The summed E-state index contributed by atoms with van der Waals surface area (Å²) in [5.41, 5.74) is 1.64. The van der Waals surface area contributed by atoms with Gasteiger partial charge in [0.1, 0.15) is 11.6 Å². The Labute approximate surface area is 229 Å². The zero-order valence-electron chi connectivity index (χ0n) is 21.6. The van der Waals surface area contributed by atoms with Crippen LogP contribution in [-0.4, -0.2) is 58.0 Å². The van der Waals surface area contributed by atoms with Gasteiger partial charge in [0, 0.05) is 24.3 Å². The average Bonchev–Trinajstić information content (AvgIpc) is 2.92.